The van der Waals surface area contributed by atoms with Gasteiger partial charge in [0.15, 0.2) is 0 Å². The van der Waals surface area contributed by atoms with Crippen LogP contribution in [0.4, 0.5) is 4.39 Å². The molecular weight excluding hydrogens is 265 g/mol. The van der Waals surface area contributed by atoms with Gasteiger partial charge in [-0.2, -0.15) is 8.42 Å². The minimum absolute atomic E-state index is 0.283. The number of nitrogens with zero attached hydrogens (tertiary/aromatic N) is 1. The van der Waals surface area contributed by atoms with Crippen molar-refractivity contribution in [2.45, 2.75) is 4.90 Å². The van der Waals surface area contributed by atoms with Gasteiger partial charge in [0, 0.05) is 16.9 Å². The summed E-state index contributed by atoms with van der Waals surface area (Å²) in [6.07, 6.45) is 1.01. The number of hydrogen-bond acceptors (Lipinski definition) is 3. The van der Waals surface area contributed by atoms with E-state index in [1.165, 1.54) is 18.2 Å². The first kappa shape index (κ1) is 12.4. The van der Waals surface area contributed by atoms with Gasteiger partial charge < -0.3 is 0 Å². The first-order valence-electron chi connectivity index (χ1n) is 3.65. The van der Waals surface area contributed by atoms with Crippen LogP contribution < -0.4 is 0 Å². The molecule has 4 nitrogen and oxygen atoms in total. The van der Waals surface area contributed by atoms with Crippen molar-refractivity contribution < 1.29 is 17.0 Å². The molecule has 0 aliphatic heterocycles. The molecule has 15 heavy (non-hydrogen) atoms. The van der Waals surface area contributed by atoms with Crippen LogP contribution in [0.15, 0.2) is 32.9 Å². The molecule has 8 heteroatoms. The Labute approximate surface area is 91.8 Å². The number of rotatable bonds is 2. The summed E-state index contributed by atoms with van der Waals surface area (Å²) in [4.78, 5) is -0.283. The van der Waals surface area contributed by atoms with Crippen molar-refractivity contribution in [3.8, 4) is 0 Å². The highest BCUT2D eigenvalue weighted by Crippen LogP contribution is 2.17. The van der Waals surface area contributed by atoms with Crippen LogP contribution in [-0.4, -0.2) is 18.9 Å². The maximum atomic E-state index is 13.2. The van der Waals surface area contributed by atoms with Gasteiger partial charge in [-0.1, -0.05) is 15.9 Å². The molecule has 0 saturated carbocycles. The van der Waals surface area contributed by atoms with Crippen LogP contribution in [0.1, 0.15) is 0 Å². The average molecular weight is 272 g/mol. The lowest BCUT2D eigenvalue weighted by atomic mass is 10.4. The van der Waals surface area contributed by atoms with Crippen molar-refractivity contribution in [1.29, 1.82) is 0 Å². The van der Waals surface area contributed by atoms with Crippen LogP contribution in [0, 0.1) is 5.82 Å². The Morgan fingerprint density at radius 2 is 1.80 bits per heavy atom. The van der Waals surface area contributed by atoms with Gasteiger partial charge in [-0.3, -0.25) is 0 Å². The van der Waals surface area contributed by atoms with Crippen LogP contribution >= 0.6 is 10.7 Å². The molecule has 1 atom stereocenters. The van der Waals surface area contributed by atoms with Crippen molar-refractivity contribution in [1.82, 2.24) is 0 Å². The van der Waals surface area contributed by atoms with Gasteiger partial charge in [-0.05, 0) is 12.1 Å². The van der Waals surface area contributed by atoms with E-state index in [9.17, 15) is 17.0 Å². The summed E-state index contributed by atoms with van der Waals surface area (Å²) in [5, 5.41) is 0. The quantitative estimate of drug-likeness (QED) is 0.770. The van der Waals surface area contributed by atoms with E-state index >= 15 is 0 Å². The van der Waals surface area contributed by atoms with Gasteiger partial charge in [-0.15, -0.1) is 0 Å². The minimum Gasteiger partial charge on any atom is -0.244 e. The average Bonchev–Trinajstić information content (AvgIpc) is 1.99. The van der Waals surface area contributed by atoms with Crippen molar-refractivity contribution >= 4 is 29.6 Å². The molecule has 0 saturated heterocycles. The second-order valence-electron chi connectivity index (χ2n) is 2.72. The third-order valence-electron chi connectivity index (χ3n) is 1.48. The van der Waals surface area contributed by atoms with E-state index in [-0.39, 0.29) is 4.90 Å². The van der Waals surface area contributed by atoms with E-state index in [2.05, 4.69) is 3.77 Å². The highest BCUT2D eigenvalue weighted by atomic mass is 35.7. The van der Waals surface area contributed by atoms with E-state index in [0.717, 1.165) is 12.3 Å². The topological polar surface area (TPSA) is 63.6 Å². The zero-order chi connectivity index (χ0) is 11.7. The van der Waals surface area contributed by atoms with E-state index in [1.807, 2.05) is 0 Å². The molecular formula is C7H7ClFNO3S2. The molecule has 0 spiro atoms. The first-order valence-corrected chi connectivity index (χ1v) is 7.84. The molecule has 0 heterocycles. The first-order chi connectivity index (χ1) is 6.72. The standard InChI is InChI=1S/C7H7ClFNO3S2/c1-14(11,10-15(8,12)13)7-5-3-2-4-6(7)9/h2-5H,1H3/t14-/m0/s1. The smallest absolute Gasteiger partial charge is 0.244 e. The Morgan fingerprint density at radius 3 is 2.27 bits per heavy atom. The van der Waals surface area contributed by atoms with Gasteiger partial charge in [0.25, 0.3) is 0 Å². The Balaban J connectivity index is 3.50. The van der Waals surface area contributed by atoms with E-state index in [4.69, 9.17) is 10.7 Å². The van der Waals surface area contributed by atoms with Crippen molar-refractivity contribution in [2.24, 2.45) is 3.77 Å². The number of hydrogen-bond donors (Lipinski definition) is 0. The summed E-state index contributed by atoms with van der Waals surface area (Å²) >= 11 is 0. The van der Waals surface area contributed by atoms with Gasteiger partial charge in [-0.25, -0.2) is 8.60 Å². The Bertz CT molecular complexity index is 590. The normalized spacial score (nSPS) is 15.7. The summed E-state index contributed by atoms with van der Waals surface area (Å²) in [6, 6.07) is 5.08. The highest BCUT2D eigenvalue weighted by Gasteiger charge is 2.15. The Kier molecular flexibility index (Phi) is 3.37. The van der Waals surface area contributed by atoms with Crippen LogP contribution in [0.2, 0.25) is 0 Å². The molecule has 0 N–H and O–H groups in total. The summed E-state index contributed by atoms with van der Waals surface area (Å²) in [5.74, 6) is -0.783. The zero-order valence-corrected chi connectivity index (χ0v) is 9.94. The zero-order valence-electron chi connectivity index (χ0n) is 7.55. The van der Waals surface area contributed by atoms with E-state index in [1.54, 1.807) is 0 Å². The predicted octanol–water partition coefficient (Wildman–Crippen LogP) is 1.77. The monoisotopic (exact) mass is 271 g/mol. The third kappa shape index (κ3) is 3.44. The van der Waals surface area contributed by atoms with Crippen LogP contribution in [0.5, 0.6) is 0 Å². The fourth-order valence-corrected chi connectivity index (χ4v) is 4.37. The second kappa shape index (κ2) is 4.07. The summed E-state index contributed by atoms with van der Waals surface area (Å²) in [6.45, 7) is 0. The maximum absolute atomic E-state index is 13.2. The van der Waals surface area contributed by atoms with Gasteiger partial charge >= 0.3 is 9.24 Å². The lowest BCUT2D eigenvalue weighted by Gasteiger charge is -2.03. The predicted molar refractivity (Wildman–Crippen MR) is 55.9 cm³/mol. The lowest BCUT2D eigenvalue weighted by molar-refractivity contribution is 0.594. The van der Waals surface area contributed by atoms with Crippen LogP contribution in [0.3, 0.4) is 0 Å². The van der Waals surface area contributed by atoms with E-state index < -0.39 is 24.8 Å². The fraction of sp³-hybridized carbons (Fsp3) is 0.143. The molecule has 0 aromatic heterocycles. The maximum Gasteiger partial charge on any atom is 0.347 e. The molecule has 0 aliphatic rings. The number of halogens is 2. The Morgan fingerprint density at radius 1 is 1.27 bits per heavy atom. The third-order valence-corrected chi connectivity index (χ3v) is 4.98. The minimum atomic E-state index is -4.29. The van der Waals surface area contributed by atoms with Crippen molar-refractivity contribution in [2.75, 3.05) is 6.26 Å². The summed E-state index contributed by atoms with van der Waals surface area (Å²) < 4.78 is 49.1. The van der Waals surface area contributed by atoms with Crippen LogP contribution in [0.25, 0.3) is 0 Å². The molecule has 84 valence electrons. The summed E-state index contributed by atoms with van der Waals surface area (Å²) in [7, 11) is -2.84. The Hall–Kier alpha value is -0.660. The van der Waals surface area contributed by atoms with Crippen molar-refractivity contribution in [3.63, 3.8) is 0 Å². The fourth-order valence-electron chi connectivity index (χ4n) is 0.962. The van der Waals surface area contributed by atoms with Crippen molar-refractivity contribution in [3.05, 3.63) is 30.1 Å². The molecule has 0 bridgehead atoms. The molecule has 0 fully saturated rings. The SMILES string of the molecule is C[S@@](=O)(=NS(=O)(=O)Cl)c1ccccc1F. The molecule has 0 aliphatic carbocycles. The lowest BCUT2D eigenvalue weighted by Crippen LogP contribution is -2.02. The molecule has 1 rings (SSSR count). The van der Waals surface area contributed by atoms with Crippen LogP contribution in [-0.2, 0) is 19.0 Å². The van der Waals surface area contributed by atoms with E-state index in [0.29, 0.717) is 0 Å². The number of benzene rings is 1. The van der Waals surface area contributed by atoms with Gasteiger partial charge in [0.05, 0.1) is 14.6 Å². The van der Waals surface area contributed by atoms with Gasteiger partial charge in [0.2, 0.25) is 0 Å². The summed E-state index contributed by atoms with van der Waals surface area (Å²) in [5.41, 5.74) is 0. The van der Waals surface area contributed by atoms with Gasteiger partial charge in [0.1, 0.15) is 5.82 Å². The highest BCUT2D eigenvalue weighted by molar-refractivity contribution is 8.17. The molecule has 0 unspecified atom stereocenters. The molecule has 1 aromatic carbocycles. The molecule has 1 aromatic rings. The largest absolute Gasteiger partial charge is 0.347 e. The second-order valence-corrected chi connectivity index (χ2v) is 7.35. The molecule has 0 amide bonds. The molecule has 0 radical (unpaired) electrons.